The van der Waals surface area contributed by atoms with Crippen LogP contribution in [0.25, 0.3) is 10.1 Å². The molecule has 24 heavy (non-hydrogen) atoms. The molecule has 4 rings (SSSR count). The third kappa shape index (κ3) is 2.15. The molecule has 2 aromatic carbocycles. The Labute approximate surface area is 140 Å². The third-order valence-electron chi connectivity index (χ3n) is 4.30. The fourth-order valence-corrected chi connectivity index (χ4v) is 4.34. The Hall–Kier alpha value is -2.86. The van der Waals surface area contributed by atoms with Gasteiger partial charge in [-0.2, -0.15) is 0 Å². The highest BCUT2D eigenvalue weighted by Gasteiger charge is 2.43. The number of nitrogens with zero attached hydrogens (tertiary/aromatic N) is 1. The normalized spacial score (nSPS) is 16.6. The third-order valence-corrected chi connectivity index (χ3v) is 5.43. The van der Waals surface area contributed by atoms with Gasteiger partial charge in [-0.1, -0.05) is 30.3 Å². The number of Topliss-reactive ketones (excluding diaryl/α,β-unsaturated/α-hetero) is 2. The molecule has 1 aliphatic carbocycles. The monoisotopic (exact) mass is 337 g/mol. The number of nitro benzene ring substituents is 1. The summed E-state index contributed by atoms with van der Waals surface area (Å²) in [6, 6.07) is 14.1. The number of carbonyl (C=O) groups excluding carboxylic acids is 2. The maximum atomic E-state index is 12.4. The highest BCUT2D eigenvalue weighted by molar-refractivity contribution is 7.19. The van der Waals surface area contributed by atoms with E-state index in [1.54, 1.807) is 11.3 Å². The first-order valence-corrected chi connectivity index (χ1v) is 8.21. The van der Waals surface area contributed by atoms with Gasteiger partial charge < -0.3 is 0 Å². The van der Waals surface area contributed by atoms with Crippen LogP contribution in [0.3, 0.4) is 0 Å². The first-order valence-electron chi connectivity index (χ1n) is 7.39. The smallest absolute Gasteiger partial charge is 0.274 e. The Morgan fingerprint density at radius 1 is 1.08 bits per heavy atom. The number of hydrogen-bond acceptors (Lipinski definition) is 5. The quantitative estimate of drug-likeness (QED) is 0.412. The summed E-state index contributed by atoms with van der Waals surface area (Å²) >= 11 is 1.54. The van der Waals surface area contributed by atoms with Gasteiger partial charge in [-0.3, -0.25) is 19.7 Å². The lowest BCUT2D eigenvalue weighted by molar-refractivity contribution is -0.385. The van der Waals surface area contributed by atoms with Gasteiger partial charge in [0.2, 0.25) is 11.6 Å². The molecule has 0 N–H and O–H groups in total. The van der Waals surface area contributed by atoms with Gasteiger partial charge in [0, 0.05) is 21.2 Å². The Balaban J connectivity index is 1.80. The van der Waals surface area contributed by atoms with Crippen LogP contribution in [0.2, 0.25) is 0 Å². The van der Waals surface area contributed by atoms with Crippen LogP contribution in [-0.4, -0.2) is 16.5 Å². The predicted octanol–water partition coefficient (Wildman–Crippen LogP) is 3.90. The molecule has 1 unspecified atom stereocenters. The van der Waals surface area contributed by atoms with Gasteiger partial charge in [-0.05, 0) is 23.9 Å². The zero-order valence-corrected chi connectivity index (χ0v) is 13.2. The Bertz CT molecular complexity index is 988. The lowest BCUT2D eigenvalue weighted by atomic mass is 9.94. The first kappa shape index (κ1) is 14.7. The van der Waals surface area contributed by atoms with E-state index >= 15 is 0 Å². The van der Waals surface area contributed by atoms with Crippen LogP contribution in [0.5, 0.6) is 0 Å². The van der Waals surface area contributed by atoms with Gasteiger partial charge in [0.25, 0.3) is 5.69 Å². The molecule has 1 aliphatic rings. The van der Waals surface area contributed by atoms with Crippen LogP contribution in [-0.2, 0) is 11.2 Å². The minimum absolute atomic E-state index is 0.155. The summed E-state index contributed by atoms with van der Waals surface area (Å²) in [6.45, 7) is 0. The average molecular weight is 337 g/mol. The largest absolute Gasteiger partial charge is 0.290 e. The van der Waals surface area contributed by atoms with Crippen molar-refractivity contribution in [1.29, 1.82) is 0 Å². The fraction of sp³-hybridized carbons (Fsp3) is 0.111. The molecule has 1 heterocycles. The maximum Gasteiger partial charge on any atom is 0.274 e. The fourth-order valence-electron chi connectivity index (χ4n) is 3.23. The molecule has 0 amide bonds. The minimum atomic E-state index is -0.776. The molecule has 0 saturated carbocycles. The number of rotatable bonds is 3. The summed E-state index contributed by atoms with van der Waals surface area (Å²) in [6.07, 6.45) is 0.307. The second-order valence-electron chi connectivity index (χ2n) is 5.70. The van der Waals surface area contributed by atoms with Crippen molar-refractivity contribution in [1.82, 2.24) is 0 Å². The molecular weight excluding hydrogens is 326 g/mol. The topological polar surface area (TPSA) is 77.3 Å². The lowest BCUT2D eigenvalue weighted by Gasteiger charge is -2.08. The molecule has 0 radical (unpaired) electrons. The molecule has 5 nitrogen and oxygen atoms in total. The lowest BCUT2D eigenvalue weighted by Crippen LogP contribution is -2.14. The van der Waals surface area contributed by atoms with E-state index < -0.39 is 22.4 Å². The number of hydrogen-bond donors (Lipinski definition) is 0. The molecule has 0 bridgehead atoms. The Morgan fingerprint density at radius 3 is 2.62 bits per heavy atom. The van der Waals surface area contributed by atoms with Crippen molar-refractivity contribution in [2.45, 2.75) is 12.3 Å². The molecule has 0 fully saturated rings. The van der Waals surface area contributed by atoms with Crippen LogP contribution in [0, 0.1) is 10.1 Å². The average Bonchev–Trinajstić information content (AvgIpc) is 3.09. The van der Waals surface area contributed by atoms with Crippen LogP contribution < -0.4 is 0 Å². The van der Waals surface area contributed by atoms with Crippen LogP contribution in [0.1, 0.15) is 26.7 Å². The van der Waals surface area contributed by atoms with Crippen molar-refractivity contribution in [3.8, 4) is 0 Å². The van der Waals surface area contributed by atoms with E-state index in [4.69, 9.17) is 0 Å². The number of nitro groups is 1. The van der Waals surface area contributed by atoms with Gasteiger partial charge in [0.1, 0.15) is 0 Å². The molecule has 1 atom stereocenters. The SMILES string of the molecule is O=C1C(=O)C(Cc2cc3ccccc3s2)c2c1cccc2[N+](=O)[O-]. The number of carbonyl (C=O) groups is 2. The second kappa shape index (κ2) is 5.35. The molecule has 3 aromatic rings. The van der Waals surface area contributed by atoms with Crippen molar-refractivity contribution in [2.75, 3.05) is 0 Å². The van der Waals surface area contributed by atoms with Crippen molar-refractivity contribution in [3.05, 3.63) is 74.6 Å². The van der Waals surface area contributed by atoms with Crippen molar-refractivity contribution in [2.24, 2.45) is 0 Å². The molecule has 118 valence electrons. The standard InChI is InChI=1S/C18H11NO4S/c20-17-12-5-3-6-14(19(22)23)16(12)13(18(17)21)9-11-8-10-4-1-2-7-15(10)24-11/h1-8,13H,9H2. The summed E-state index contributed by atoms with van der Waals surface area (Å²) in [5, 5.41) is 12.4. The van der Waals surface area contributed by atoms with E-state index in [2.05, 4.69) is 0 Å². The van der Waals surface area contributed by atoms with Gasteiger partial charge in [-0.15, -0.1) is 11.3 Å². The highest BCUT2D eigenvalue weighted by Crippen LogP contribution is 2.40. The Morgan fingerprint density at radius 2 is 1.88 bits per heavy atom. The van der Waals surface area contributed by atoms with E-state index in [1.165, 1.54) is 18.2 Å². The van der Waals surface area contributed by atoms with E-state index in [9.17, 15) is 19.7 Å². The molecule has 0 aliphatic heterocycles. The minimum Gasteiger partial charge on any atom is -0.290 e. The Kier molecular flexibility index (Phi) is 3.28. The zero-order valence-electron chi connectivity index (χ0n) is 12.4. The molecule has 0 spiro atoms. The van der Waals surface area contributed by atoms with Gasteiger partial charge >= 0.3 is 0 Å². The predicted molar refractivity (Wildman–Crippen MR) is 90.7 cm³/mol. The number of fused-ring (bicyclic) bond motifs is 2. The molecular formula is C18H11NO4S. The molecule has 6 heteroatoms. The van der Waals surface area contributed by atoms with Crippen LogP contribution in [0.15, 0.2) is 48.5 Å². The zero-order chi connectivity index (χ0) is 16.8. The second-order valence-corrected chi connectivity index (χ2v) is 6.86. The summed E-state index contributed by atoms with van der Waals surface area (Å²) in [5.74, 6) is -1.96. The summed E-state index contributed by atoms with van der Waals surface area (Å²) < 4.78 is 1.09. The van der Waals surface area contributed by atoms with Crippen molar-refractivity contribution >= 4 is 38.7 Å². The highest BCUT2D eigenvalue weighted by atomic mass is 32.1. The maximum absolute atomic E-state index is 12.4. The molecule has 1 aromatic heterocycles. The van der Waals surface area contributed by atoms with E-state index in [1.807, 2.05) is 30.3 Å². The number of benzene rings is 2. The summed E-state index contributed by atoms with van der Waals surface area (Å²) in [5.41, 5.74) is 0.271. The van der Waals surface area contributed by atoms with Gasteiger partial charge in [0.05, 0.1) is 16.4 Å². The van der Waals surface area contributed by atoms with Crippen LogP contribution in [0.4, 0.5) is 5.69 Å². The summed E-state index contributed by atoms with van der Waals surface area (Å²) in [7, 11) is 0. The number of thiophene rings is 1. The van der Waals surface area contributed by atoms with Gasteiger partial charge in [-0.25, -0.2) is 0 Å². The van der Waals surface area contributed by atoms with Crippen molar-refractivity contribution < 1.29 is 14.5 Å². The van der Waals surface area contributed by atoms with E-state index in [0.29, 0.717) is 6.42 Å². The number of ketones is 2. The van der Waals surface area contributed by atoms with Crippen molar-refractivity contribution in [3.63, 3.8) is 0 Å². The molecule has 0 saturated heterocycles. The van der Waals surface area contributed by atoms with Gasteiger partial charge in [0.15, 0.2) is 0 Å². The van der Waals surface area contributed by atoms with Crippen LogP contribution >= 0.6 is 11.3 Å². The van der Waals surface area contributed by atoms with E-state index in [0.717, 1.165) is 15.0 Å². The van der Waals surface area contributed by atoms with E-state index in [-0.39, 0.29) is 16.8 Å². The summed E-state index contributed by atoms with van der Waals surface area (Å²) in [4.78, 5) is 36.3. The first-order chi connectivity index (χ1) is 11.6.